The van der Waals surface area contributed by atoms with E-state index in [1.54, 1.807) is 0 Å². The van der Waals surface area contributed by atoms with Crippen LogP contribution in [0.3, 0.4) is 0 Å². The second-order valence-corrected chi connectivity index (χ2v) is 9.04. The highest BCUT2D eigenvalue weighted by molar-refractivity contribution is 5.78. The largest absolute Gasteiger partial charge is 0.464 e. The number of carbonyl (C=O) groups is 2. The molecule has 35 heavy (non-hydrogen) atoms. The molecule has 0 radical (unpaired) electrons. The average molecular weight is 483 g/mol. The van der Waals surface area contributed by atoms with E-state index in [4.69, 9.17) is 9.47 Å². The van der Waals surface area contributed by atoms with Crippen LogP contribution in [0.1, 0.15) is 56.1 Å². The topological polar surface area (TPSA) is 59.1 Å². The van der Waals surface area contributed by atoms with Crippen LogP contribution in [0, 0.1) is 0 Å². The van der Waals surface area contributed by atoms with Gasteiger partial charge in [0.15, 0.2) is 0 Å². The first kappa shape index (κ1) is 28.5. The molecule has 0 heterocycles. The van der Waals surface area contributed by atoms with Gasteiger partial charge >= 0.3 is 11.9 Å². The molecule has 0 N–H and O–H groups in total. The van der Waals surface area contributed by atoms with Gasteiger partial charge in [-0.25, -0.2) is 0 Å². The average Bonchev–Trinajstić information content (AvgIpc) is 2.86. The van der Waals surface area contributed by atoms with Crippen LogP contribution in [0.5, 0.6) is 0 Å². The van der Waals surface area contributed by atoms with Crippen molar-refractivity contribution in [3.63, 3.8) is 0 Å². The molecule has 0 aliphatic rings. The predicted molar refractivity (Wildman–Crippen MR) is 140 cm³/mol. The van der Waals surface area contributed by atoms with Crippen molar-refractivity contribution in [3.05, 3.63) is 71.8 Å². The van der Waals surface area contributed by atoms with E-state index in [0.29, 0.717) is 26.3 Å². The third-order valence-electron chi connectivity index (χ3n) is 6.30. The van der Waals surface area contributed by atoms with Gasteiger partial charge in [0.05, 0.1) is 11.8 Å². The molecule has 0 fully saturated rings. The van der Waals surface area contributed by atoms with E-state index in [2.05, 4.69) is 9.80 Å². The molecule has 6 heteroatoms. The van der Waals surface area contributed by atoms with Crippen molar-refractivity contribution in [2.24, 2.45) is 0 Å². The molecule has 0 aliphatic carbocycles. The first-order chi connectivity index (χ1) is 17.0. The van der Waals surface area contributed by atoms with Crippen LogP contribution >= 0.6 is 0 Å². The molecule has 2 aromatic rings. The summed E-state index contributed by atoms with van der Waals surface area (Å²) in [5.41, 5.74) is 2.01. The zero-order chi connectivity index (χ0) is 25.5. The summed E-state index contributed by atoms with van der Waals surface area (Å²) in [7, 11) is 4.08. The Morgan fingerprint density at radius 2 is 1.03 bits per heavy atom. The van der Waals surface area contributed by atoms with Crippen molar-refractivity contribution < 1.29 is 19.1 Å². The lowest BCUT2D eigenvalue weighted by molar-refractivity contribution is -0.146. The smallest absolute Gasteiger partial charge is 0.313 e. The first-order valence-corrected chi connectivity index (χ1v) is 12.8. The van der Waals surface area contributed by atoms with E-state index in [-0.39, 0.29) is 23.8 Å². The highest BCUT2D eigenvalue weighted by Crippen LogP contribution is 2.21. The third kappa shape index (κ3) is 10.2. The number of rotatable bonds is 16. The number of hydrogen-bond donors (Lipinski definition) is 0. The number of ether oxygens (including phenoxy) is 2. The minimum atomic E-state index is -0.204. The molecule has 192 valence electrons. The van der Waals surface area contributed by atoms with Gasteiger partial charge in [-0.1, -0.05) is 74.5 Å². The Bertz CT molecular complexity index is 788. The molecule has 6 nitrogen and oxygen atoms in total. The predicted octanol–water partition coefficient (Wildman–Crippen LogP) is 4.71. The quantitative estimate of drug-likeness (QED) is 0.323. The zero-order valence-electron chi connectivity index (χ0n) is 21.8. The Balaban J connectivity index is 1.58. The van der Waals surface area contributed by atoms with Crippen molar-refractivity contribution in [2.45, 2.75) is 44.9 Å². The van der Waals surface area contributed by atoms with Crippen LogP contribution in [-0.2, 0) is 19.1 Å². The van der Waals surface area contributed by atoms with Crippen LogP contribution in [0.2, 0.25) is 0 Å². The molecule has 0 aromatic heterocycles. The first-order valence-electron chi connectivity index (χ1n) is 12.8. The molecule has 0 saturated carbocycles. The van der Waals surface area contributed by atoms with Crippen molar-refractivity contribution in [1.82, 2.24) is 9.80 Å². The van der Waals surface area contributed by atoms with Gasteiger partial charge in [0.2, 0.25) is 0 Å². The van der Waals surface area contributed by atoms with E-state index in [1.807, 2.05) is 88.6 Å². The SMILES string of the molecule is CCC(C(=O)OCCN(C)CCCN(C)CCOC(=O)C(CC)c1ccccc1)c1ccccc1. The van der Waals surface area contributed by atoms with Crippen LogP contribution in [-0.4, -0.2) is 75.2 Å². The van der Waals surface area contributed by atoms with Gasteiger partial charge in [0, 0.05) is 13.1 Å². The maximum absolute atomic E-state index is 12.5. The lowest BCUT2D eigenvalue weighted by Gasteiger charge is -2.21. The number of hydrogen-bond acceptors (Lipinski definition) is 6. The highest BCUT2D eigenvalue weighted by Gasteiger charge is 2.21. The van der Waals surface area contributed by atoms with Crippen molar-refractivity contribution in [3.8, 4) is 0 Å². The fourth-order valence-electron chi connectivity index (χ4n) is 4.09. The molecule has 0 amide bonds. The van der Waals surface area contributed by atoms with E-state index >= 15 is 0 Å². The number of carbonyl (C=O) groups excluding carboxylic acids is 2. The number of likely N-dealkylation sites (N-methyl/N-ethyl adjacent to an activating group) is 2. The summed E-state index contributed by atoms with van der Waals surface area (Å²) in [5, 5.41) is 0. The number of nitrogens with zero attached hydrogens (tertiary/aromatic N) is 2. The fourth-order valence-corrected chi connectivity index (χ4v) is 4.09. The van der Waals surface area contributed by atoms with Crippen molar-refractivity contribution in [1.29, 1.82) is 0 Å². The molecule has 0 aliphatic heterocycles. The zero-order valence-corrected chi connectivity index (χ0v) is 21.8. The maximum Gasteiger partial charge on any atom is 0.313 e. The van der Waals surface area contributed by atoms with Gasteiger partial charge in [-0.15, -0.1) is 0 Å². The molecule has 0 bridgehead atoms. The normalized spacial score (nSPS) is 13.0. The molecule has 2 unspecified atom stereocenters. The van der Waals surface area contributed by atoms with Crippen LogP contribution in [0.25, 0.3) is 0 Å². The summed E-state index contributed by atoms with van der Waals surface area (Å²) in [6.07, 6.45) is 2.44. The molecular formula is C29H42N2O4. The summed E-state index contributed by atoms with van der Waals surface area (Å²) in [4.78, 5) is 29.3. The van der Waals surface area contributed by atoms with Gasteiger partial charge in [0.1, 0.15) is 13.2 Å². The fraction of sp³-hybridized carbons (Fsp3) is 0.517. The number of esters is 2. The lowest BCUT2D eigenvalue weighted by Crippen LogP contribution is -2.31. The van der Waals surface area contributed by atoms with Crippen molar-refractivity contribution in [2.75, 3.05) is 53.5 Å². The second-order valence-electron chi connectivity index (χ2n) is 9.04. The second kappa shape index (κ2) is 16.1. The molecular weight excluding hydrogens is 440 g/mol. The standard InChI is InChI=1S/C29H42N2O4/c1-5-26(24-14-9-7-10-15-24)28(32)34-22-20-30(3)18-13-19-31(4)21-23-35-29(33)27(6-2)25-16-11-8-12-17-25/h7-12,14-17,26-27H,5-6,13,18-23H2,1-4H3. The van der Waals surface area contributed by atoms with Crippen molar-refractivity contribution >= 4 is 11.9 Å². The van der Waals surface area contributed by atoms with Gasteiger partial charge < -0.3 is 19.3 Å². The minimum absolute atomic E-state index is 0.154. The molecule has 0 saturated heterocycles. The number of benzene rings is 2. The summed E-state index contributed by atoms with van der Waals surface area (Å²) in [5.74, 6) is -0.716. The van der Waals surface area contributed by atoms with E-state index in [0.717, 1.165) is 43.5 Å². The van der Waals surface area contributed by atoms with Gasteiger partial charge in [-0.05, 0) is 57.6 Å². The van der Waals surface area contributed by atoms with Gasteiger partial charge in [-0.2, -0.15) is 0 Å². The Labute approximate surface area is 211 Å². The summed E-state index contributed by atoms with van der Waals surface area (Å²) in [6.45, 7) is 8.02. The molecule has 2 atom stereocenters. The van der Waals surface area contributed by atoms with E-state index in [9.17, 15) is 9.59 Å². The Kier molecular flexibility index (Phi) is 13.1. The monoisotopic (exact) mass is 482 g/mol. The van der Waals surface area contributed by atoms with Crippen LogP contribution in [0.4, 0.5) is 0 Å². The Morgan fingerprint density at radius 1 is 0.657 bits per heavy atom. The van der Waals surface area contributed by atoms with Gasteiger partial charge in [0.25, 0.3) is 0 Å². The van der Waals surface area contributed by atoms with Gasteiger partial charge in [-0.3, -0.25) is 9.59 Å². The van der Waals surface area contributed by atoms with Crippen LogP contribution in [0.15, 0.2) is 60.7 Å². The summed E-state index contributed by atoms with van der Waals surface area (Å²) < 4.78 is 11.1. The maximum atomic E-state index is 12.5. The minimum Gasteiger partial charge on any atom is -0.464 e. The summed E-state index contributed by atoms with van der Waals surface area (Å²) in [6, 6.07) is 19.6. The Morgan fingerprint density at radius 3 is 1.37 bits per heavy atom. The Hall–Kier alpha value is -2.70. The lowest BCUT2D eigenvalue weighted by atomic mass is 9.97. The molecule has 0 spiro atoms. The highest BCUT2D eigenvalue weighted by atomic mass is 16.5. The van der Waals surface area contributed by atoms with Crippen LogP contribution < -0.4 is 0 Å². The van der Waals surface area contributed by atoms with E-state index < -0.39 is 0 Å². The summed E-state index contributed by atoms with van der Waals surface area (Å²) >= 11 is 0. The molecule has 2 aromatic carbocycles. The van der Waals surface area contributed by atoms with E-state index in [1.165, 1.54) is 0 Å². The third-order valence-corrected chi connectivity index (χ3v) is 6.30. The molecule has 2 rings (SSSR count).